The number of halogens is 3. The van der Waals surface area contributed by atoms with Crippen molar-refractivity contribution < 1.29 is 23.0 Å². The largest absolute Gasteiger partial charge is 0.573 e. The summed E-state index contributed by atoms with van der Waals surface area (Å²) in [5, 5.41) is 10.1. The number of benzene rings is 1. The van der Waals surface area contributed by atoms with Gasteiger partial charge in [-0.15, -0.1) is 24.5 Å². The Morgan fingerprint density at radius 3 is 2.24 bits per heavy atom. The van der Waals surface area contributed by atoms with E-state index in [2.05, 4.69) is 11.7 Å². The summed E-state index contributed by atoms with van der Waals surface area (Å²) in [6, 6.07) is 9.29. The van der Waals surface area contributed by atoms with E-state index in [1.54, 1.807) is 11.3 Å². The molecule has 2 aromatic rings. The molecule has 0 saturated heterocycles. The zero-order chi connectivity index (χ0) is 15.5. The SMILES string of the molecule is CCc1ccc(CC(O)c2ccc(OC(F)(F)F)cc2)s1. The highest BCUT2D eigenvalue weighted by atomic mass is 32.1. The maximum atomic E-state index is 12.1. The standard InChI is InChI=1S/C15H15F3O2S/c1-2-12-7-8-13(21-12)9-14(19)10-3-5-11(6-4-10)20-15(16,17)18/h3-8,14,19H,2,9H2,1H3. The number of hydrogen-bond acceptors (Lipinski definition) is 3. The molecule has 0 aliphatic rings. The lowest BCUT2D eigenvalue weighted by atomic mass is 10.1. The van der Waals surface area contributed by atoms with Gasteiger partial charge in [0.2, 0.25) is 0 Å². The van der Waals surface area contributed by atoms with Gasteiger partial charge in [-0.2, -0.15) is 0 Å². The van der Waals surface area contributed by atoms with Crippen LogP contribution in [0.4, 0.5) is 13.2 Å². The Labute approximate surface area is 124 Å². The van der Waals surface area contributed by atoms with Crippen LogP contribution in [0, 0.1) is 0 Å². The summed E-state index contributed by atoms with van der Waals surface area (Å²) >= 11 is 1.63. The van der Waals surface area contributed by atoms with Crippen LogP contribution in [0.15, 0.2) is 36.4 Å². The lowest BCUT2D eigenvalue weighted by Crippen LogP contribution is -2.17. The van der Waals surface area contributed by atoms with Crippen molar-refractivity contribution in [2.75, 3.05) is 0 Å². The maximum Gasteiger partial charge on any atom is 0.573 e. The van der Waals surface area contributed by atoms with Gasteiger partial charge in [0.25, 0.3) is 0 Å². The van der Waals surface area contributed by atoms with Crippen LogP contribution in [0.5, 0.6) is 5.75 Å². The monoisotopic (exact) mass is 316 g/mol. The summed E-state index contributed by atoms with van der Waals surface area (Å²) in [5.41, 5.74) is 0.566. The van der Waals surface area contributed by atoms with E-state index < -0.39 is 12.5 Å². The Balaban J connectivity index is 2.00. The third kappa shape index (κ3) is 4.75. The van der Waals surface area contributed by atoms with Gasteiger partial charge in [-0.05, 0) is 36.2 Å². The predicted octanol–water partition coefficient (Wildman–Crippen LogP) is 4.49. The predicted molar refractivity (Wildman–Crippen MR) is 75.5 cm³/mol. The number of aliphatic hydroxyl groups is 1. The van der Waals surface area contributed by atoms with Crippen molar-refractivity contribution in [2.24, 2.45) is 0 Å². The van der Waals surface area contributed by atoms with Crippen molar-refractivity contribution in [3.8, 4) is 5.75 Å². The molecule has 0 saturated carbocycles. The van der Waals surface area contributed by atoms with Crippen LogP contribution in [0.3, 0.4) is 0 Å². The Morgan fingerprint density at radius 1 is 1.10 bits per heavy atom. The van der Waals surface area contributed by atoms with E-state index in [1.807, 2.05) is 12.1 Å². The van der Waals surface area contributed by atoms with Gasteiger partial charge < -0.3 is 9.84 Å². The van der Waals surface area contributed by atoms with Crippen molar-refractivity contribution in [2.45, 2.75) is 32.2 Å². The van der Waals surface area contributed by atoms with E-state index in [9.17, 15) is 18.3 Å². The van der Waals surface area contributed by atoms with Crippen LogP contribution in [0.2, 0.25) is 0 Å². The highest BCUT2D eigenvalue weighted by molar-refractivity contribution is 7.11. The zero-order valence-corrected chi connectivity index (χ0v) is 12.2. The molecule has 114 valence electrons. The lowest BCUT2D eigenvalue weighted by Gasteiger charge is -2.12. The molecule has 1 aromatic carbocycles. The van der Waals surface area contributed by atoms with Gasteiger partial charge in [-0.3, -0.25) is 0 Å². The third-order valence-electron chi connectivity index (χ3n) is 2.96. The highest BCUT2D eigenvalue weighted by Gasteiger charge is 2.31. The lowest BCUT2D eigenvalue weighted by molar-refractivity contribution is -0.274. The molecule has 0 bridgehead atoms. The number of hydrogen-bond donors (Lipinski definition) is 1. The van der Waals surface area contributed by atoms with Gasteiger partial charge in [0.15, 0.2) is 0 Å². The van der Waals surface area contributed by atoms with Crippen LogP contribution >= 0.6 is 11.3 Å². The van der Waals surface area contributed by atoms with E-state index >= 15 is 0 Å². The van der Waals surface area contributed by atoms with Crippen molar-refractivity contribution >= 4 is 11.3 Å². The minimum atomic E-state index is -4.70. The summed E-state index contributed by atoms with van der Waals surface area (Å²) in [4.78, 5) is 2.29. The van der Waals surface area contributed by atoms with Gasteiger partial charge in [-0.25, -0.2) is 0 Å². The molecule has 0 radical (unpaired) electrons. The van der Waals surface area contributed by atoms with Crippen LogP contribution < -0.4 is 4.74 Å². The van der Waals surface area contributed by atoms with Gasteiger partial charge in [-0.1, -0.05) is 19.1 Å². The van der Waals surface area contributed by atoms with Gasteiger partial charge in [0.1, 0.15) is 5.75 Å². The summed E-state index contributed by atoms with van der Waals surface area (Å²) in [6.45, 7) is 2.06. The molecule has 21 heavy (non-hydrogen) atoms. The summed E-state index contributed by atoms with van der Waals surface area (Å²) in [7, 11) is 0. The first kappa shape index (κ1) is 15.9. The number of alkyl halides is 3. The summed E-state index contributed by atoms with van der Waals surface area (Å²) < 4.78 is 40.0. The Kier molecular flexibility index (Phi) is 4.90. The van der Waals surface area contributed by atoms with Crippen molar-refractivity contribution in [3.63, 3.8) is 0 Å². The van der Waals surface area contributed by atoms with E-state index in [1.165, 1.54) is 29.1 Å². The molecule has 1 atom stereocenters. The molecule has 1 heterocycles. The zero-order valence-electron chi connectivity index (χ0n) is 11.4. The molecule has 0 spiro atoms. The Morgan fingerprint density at radius 2 is 1.71 bits per heavy atom. The second-order valence-corrected chi connectivity index (χ2v) is 5.81. The fraction of sp³-hybridized carbons (Fsp3) is 0.333. The molecule has 1 N–H and O–H groups in total. The van der Waals surface area contributed by atoms with Crippen molar-refractivity contribution in [3.05, 3.63) is 51.7 Å². The van der Waals surface area contributed by atoms with Crippen LogP contribution in [0.25, 0.3) is 0 Å². The van der Waals surface area contributed by atoms with E-state index in [-0.39, 0.29) is 5.75 Å². The topological polar surface area (TPSA) is 29.5 Å². The molecule has 0 aliphatic carbocycles. The van der Waals surface area contributed by atoms with E-state index in [4.69, 9.17) is 0 Å². The smallest absolute Gasteiger partial charge is 0.406 e. The first-order valence-corrected chi connectivity index (χ1v) is 7.30. The first-order valence-electron chi connectivity index (χ1n) is 6.48. The summed E-state index contributed by atoms with van der Waals surface area (Å²) in [6.07, 6.45) is -4.05. The fourth-order valence-electron chi connectivity index (χ4n) is 1.92. The molecule has 1 aromatic heterocycles. The number of aliphatic hydroxyl groups excluding tert-OH is 1. The number of rotatable bonds is 5. The second-order valence-electron chi connectivity index (χ2n) is 4.56. The van der Waals surface area contributed by atoms with E-state index in [0.29, 0.717) is 12.0 Å². The van der Waals surface area contributed by atoms with Crippen LogP contribution in [-0.4, -0.2) is 11.5 Å². The minimum Gasteiger partial charge on any atom is -0.406 e. The van der Waals surface area contributed by atoms with Gasteiger partial charge in [0.05, 0.1) is 6.10 Å². The highest BCUT2D eigenvalue weighted by Crippen LogP contribution is 2.27. The molecule has 0 amide bonds. The first-order chi connectivity index (χ1) is 9.87. The maximum absolute atomic E-state index is 12.1. The third-order valence-corrected chi connectivity index (χ3v) is 4.21. The molecule has 2 nitrogen and oxygen atoms in total. The van der Waals surface area contributed by atoms with Crippen LogP contribution in [0.1, 0.15) is 28.3 Å². The van der Waals surface area contributed by atoms with Crippen molar-refractivity contribution in [1.29, 1.82) is 0 Å². The molecule has 1 unspecified atom stereocenters. The van der Waals surface area contributed by atoms with Gasteiger partial charge in [0, 0.05) is 16.2 Å². The Bertz CT molecular complexity index is 575. The number of aryl methyl sites for hydroxylation is 1. The molecular formula is C15H15F3O2S. The minimum absolute atomic E-state index is 0.289. The second kappa shape index (κ2) is 6.49. The average molecular weight is 316 g/mol. The molecule has 2 rings (SSSR count). The summed E-state index contributed by atoms with van der Waals surface area (Å²) in [5.74, 6) is -0.289. The van der Waals surface area contributed by atoms with Crippen molar-refractivity contribution in [1.82, 2.24) is 0 Å². The van der Waals surface area contributed by atoms with E-state index in [0.717, 1.165) is 11.3 Å². The quantitative estimate of drug-likeness (QED) is 0.881. The molecule has 0 aliphatic heterocycles. The fourth-order valence-corrected chi connectivity index (χ4v) is 2.92. The molecular weight excluding hydrogens is 301 g/mol. The van der Waals surface area contributed by atoms with Gasteiger partial charge >= 0.3 is 6.36 Å². The number of ether oxygens (including phenoxy) is 1. The average Bonchev–Trinajstić information content (AvgIpc) is 2.85. The van der Waals surface area contributed by atoms with Crippen LogP contribution in [-0.2, 0) is 12.8 Å². The number of thiophene rings is 1. The molecule has 6 heteroatoms. The normalized spacial score (nSPS) is 13.2. The molecule has 0 fully saturated rings. The Hall–Kier alpha value is -1.53.